The highest BCUT2D eigenvalue weighted by Crippen LogP contribution is 2.15. The molecule has 0 aliphatic rings. The summed E-state index contributed by atoms with van der Waals surface area (Å²) < 4.78 is 13.6. The molecule has 1 aromatic carbocycles. The molecule has 0 aliphatic carbocycles. The van der Waals surface area contributed by atoms with Gasteiger partial charge in [-0.05, 0) is 19.9 Å². The Kier molecular flexibility index (Phi) is 9.16. The van der Waals surface area contributed by atoms with Crippen molar-refractivity contribution < 1.29 is 9.50 Å². The molecule has 2 rings (SSSR count). The second kappa shape index (κ2) is 10.6. The highest BCUT2D eigenvalue weighted by atomic mass is 127. The lowest BCUT2D eigenvalue weighted by molar-refractivity contribution is 0.176. The molecule has 1 unspecified atom stereocenters. The molecule has 5 nitrogen and oxygen atoms in total. The molecule has 0 saturated heterocycles. The minimum atomic E-state index is -0.942. The molecular weight excluding hydrogens is 442 g/mol. The number of aliphatic hydroxyl groups excluding tert-OH is 1. The third-order valence-electron chi connectivity index (χ3n) is 3.11. The molecule has 1 aromatic heterocycles. The first-order valence-corrected chi connectivity index (χ1v) is 8.27. The second-order valence-corrected chi connectivity index (χ2v) is 6.30. The van der Waals surface area contributed by atoms with Gasteiger partial charge >= 0.3 is 0 Å². The second-order valence-electron chi connectivity index (χ2n) is 4.98. The summed E-state index contributed by atoms with van der Waals surface area (Å²) in [6.07, 6.45) is 0.875. The van der Waals surface area contributed by atoms with Crippen LogP contribution in [0.3, 0.4) is 0 Å². The number of guanidine groups is 1. The number of aromatic nitrogens is 1. The smallest absolute Gasteiger partial charge is 0.191 e. The molecule has 0 spiro atoms. The normalized spacial score (nSPS) is 12.4. The predicted molar refractivity (Wildman–Crippen MR) is 106 cm³/mol. The molecule has 8 heteroatoms. The summed E-state index contributed by atoms with van der Waals surface area (Å²) in [5.74, 6) is 0.151. The van der Waals surface area contributed by atoms with Gasteiger partial charge < -0.3 is 15.7 Å². The molecule has 0 bridgehead atoms. The van der Waals surface area contributed by atoms with Crippen LogP contribution in [0.4, 0.5) is 4.39 Å². The number of benzene rings is 1. The van der Waals surface area contributed by atoms with Gasteiger partial charge in [-0.2, -0.15) is 0 Å². The van der Waals surface area contributed by atoms with Gasteiger partial charge in [0.15, 0.2) is 5.96 Å². The maximum Gasteiger partial charge on any atom is 0.191 e. The lowest BCUT2D eigenvalue weighted by atomic mass is 10.1. The van der Waals surface area contributed by atoms with Gasteiger partial charge in [0.2, 0.25) is 0 Å². The maximum absolute atomic E-state index is 13.6. The van der Waals surface area contributed by atoms with E-state index in [2.05, 4.69) is 20.6 Å². The van der Waals surface area contributed by atoms with E-state index in [9.17, 15) is 9.50 Å². The molecule has 132 valence electrons. The number of thiazole rings is 1. The summed E-state index contributed by atoms with van der Waals surface area (Å²) in [5.41, 5.74) is 0.270. The molecule has 0 radical (unpaired) electrons. The maximum atomic E-state index is 13.6. The highest BCUT2D eigenvalue weighted by Gasteiger charge is 2.12. The van der Waals surface area contributed by atoms with Crippen LogP contribution in [0.15, 0.2) is 35.5 Å². The van der Waals surface area contributed by atoms with Crippen LogP contribution in [-0.2, 0) is 6.54 Å². The van der Waals surface area contributed by atoms with Crippen molar-refractivity contribution in [3.8, 4) is 0 Å². The van der Waals surface area contributed by atoms with E-state index in [1.165, 1.54) is 6.07 Å². The van der Waals surface area contributed by atoms with E-state index in [0.29, 0.717) is 19.0 Å². The Balaban J connectivity index is 0.00000288. The molecular formula is C16H22FIN4OS. The van der Waals surface area contributed by atoms with Crippen LogP contribution < -0.4 is 10.6 Å². The summed E-state index contributed by atoms with van der Waals surface area (Å²) in [4.78, 5) is 9.82. The van der Waals surface area contributed by atoms with Gasteiger partial charge in [-0.15, -0.1) is 35.3 Å². The Morgan fingerprint density at radius 2 is 2.12 bits per heavy atom. The summed E-state index contributed by atoms with van der Waals surface area (Å²) in [5, 5.41) is 17.2. The average Bonchev–Trinajstić information content (AvgIpc) is 2.95. The van der Waals surface area contributed by atoms with Crippen LogP contribution in [0, 0.1) is 12.7 Å². The monoisotopic (exact) mass is 464 g/mol. The van der Waals surface area contributed by atoms with Crippen molar-refractivity contribution >= 4 is 41.3 Å². The fraction of sp³-hybridized carbons (Fsp3) is 0.375. The van der Waals surface area contributed by atoms with Crippen molar-refractivity contribution in [3.05, 3.63) is 51.7 Å². The van der Waals surface area contributed by atoms with Gasteiger partial charge in [0.25, 0.3) is 0 Å². The molecule has 0 aliphatic heterocycles. The number of rotatable bonds is 6. The summed E-state index contributed by atoms with van der Waals surface area (Å²) in [7, 11) is 0. The van der Waals surface area contributed by atoms with Gasteiger partial charge in [0.05, 0.1) is 12.6 Å². The van der Waals surface area contributed by atoms with Gasteiger partial charge in [-0.1, -0.05) is 18.2 Å². The number of aliphatic hydroxyl groups is 1. The van der Waals surface area contributed by atoms with Crippen molar-refractivity contribution in [2.75, 3.05) is 13.1 Å². The third kappa shape index (κ3) is 6.33. The number of aliphatic imine (C=N–C) groups is 1. The van der Waals surface area contributed by atoms with Crippen molar-refractivity contribution in [1.82, 2.24) is 15.6 Å². The molecule has 3 N–H and O–H groups in total. The van der Waals surface area contributed by atoms with Crippen LogP contribution >= 0.6 is 35.3 Å². The largest absolute Gasteiger partial charge is 0.386 e. The Hall–Kier alpha value is -1.26. The van der Waals surface area contributed by atoms with Crippen LogP contribution in [0.5, 0.6) is 0 Å². The number of halogens is 2. The number of hydrogen-bond donors (Lipinski definition) is 3. The highest BCUT2D eigenvalue weighted by molar-refractivity contribution is 14.0. The van der Waals surface area contributed by atoms with Crippen molar-refractivity contribution in [3.63, 3.8) is 0 Å². The zero-order chi connectivity index (χ0) is 16.7. The molecule has 0 saturated carbocycles. The Bertz CT molecular complexity index is 665. The molecule has 1 heterocycles. The van der Waals surface area contributed by atoms with Crippen molar-refractivity contribution in [2.45, 2.75) is 26.5 Å². The molecule has 24 heavy (non-hydrogen) atoms. The van der Waals surface area contributed by atoms with E-state index in [0.717, 1.165) is 9.88 Å². The van der Waals surface area contributed by atoms with E-state index in [1.807, 2.05) is 20.0 Å². The minimum Gasteiger partial charge on any atom is -0.386 e. The number of hydrogen-bond acceptors (Lipinski definition) is 4. The van der Waals surface area contributed by atoms with E-state index in [4.69, 9.17) is 0 Å². The van der Waals surface area contributed by atoms with E-state index < -0.39 is 11.9 Å². The van der Waals surface area contributed by atoms with Gasteiger partial charge in [-0.3, -0.25) is 0 Å². The predicted octanol–water partition coefficient (Wildman–Crippen LogP) is 3.00. The van der Waals surface area contributed by atoms with Crippen molar-refractivity contribution in [2.24, 2.45) is 4.99 Å². The molecule has 0 amide bonds. The fourth-order valence-electron chi connectivity index (χ4n) is 2.01. The van der Waals surface area contributed by atoms with Gasteiger partial charge in [0, 0.05) is 29.7 Å². The SMILES string of the molecule is CCNC(=NCc1ncc(C)s1)NCC(O)c1ccccc1F.I. The topological polar surface area (TPSA) is 69.5 Å². The summed E-state index contributed by atoms with van der Waals surface area (Å²) >= 11 is 1.60. The number of aryl methyl sites for hydroxylation is 1. The van der Waals surface area contributed by atoms with Crippen LogP contribution in [0.1, 0.15) is 28.5 Å². The first kappa shape index (κ1) is 20.8. The molecule has 2 aromatic rings. The van der Waals surface area contributed by atoms with Crippen molar-refractivity contribution in [1.29, 1.82) is 0 Å². The first-order valence-electron chi connectivity index (χ1n) is 7.46. The van der Waals surface area contributed by atoms with Gasteiger partial charge in [0.1, 0.15) is 10.8 Å². The quantitative estimate of drug-likeness (QED) is 0.350. The minimum absolute atomic E-state index is 0. The standard InChI is InChI=1S/C16H21FN4OS.HI/c1-3-18-16(21-10-15-19-8-11(2)23-15)20-9-14(22)12-6-4-5-7-13(12)17;/h4-8,14,22H,3,9-10H2,1-2H3,(H2,18,20,21);1H. The number of nitrogens with zero attached hydrogens (tertiary/aromatic N) is 2. The fourth-order valence-corrected chi connectivity index (χ4v) is 2.72. The van der Waals surface area contributed by atoms with Crippen LogP contribution in [0.25, 0.3) is 0 Å². The van der Waals surface area contributed by atoms with Crippen LogP contribution in [0.2, 0.25) is 0 Å². The summed E-state index contributed by atoms with van der Waals surface area (Å²) in [6, 6.07) is 6.21. The lowest BCUT2D eigenvalue weighted by Gasteiger charge is -2.15. The number of nitrogens with one attached hydrogen (secondary N) is 2. The Morgan fingerprint density at radius 1 is 1.38 bits per heavy atom. The average molecular weight is 464 g/mol. The van der Waals surface area contributed by atoms with E-state index in [-0.39, 0.29) is 36.1 Å². The zero-order valence-corrected chi connectivity index (χ0v) is 16.8. The molecule has 1 atom stereocenters. The summed E-state index contributed by atoms with van der Waals surface area (Å²) in [6.45, 7) is 5.28. The van der Waals surface area contributed by atoms with E-state index in [1.54, 1.807) is 29.5 Å². The zero-order valence-electron chi connectivity index (χ0n) is 13.6. The van der Waals surface area contributed by atoms with Gasteiger partial charge in [-0.25, -0.2) is 14.4 Å². The Labute approximate surface area is 162 Å². The first-order chi connectivity index (χ1) is 11.1. The van der Waals surface area contributed by atoms with E-state index >= 15 is 0 Å². The van der Waals surface area contributed by atoms with Crippen LogP contribution in [-0.4, -0.2) is 29.1 Å². The molecule has 0 fully saturated rings. The Morgan fingerprint density at radius 3 is 2.75 bits per heavy atom. The lowest BCUT2D eigenvalue weighted by Crippen LogP contribution is -2.39. The third-order valence-corrected chi connectivity index (χ3v) is 4.01.